The molecule has 0 atom stereocenters. The Balaban J connectivity index is 1.48. The smallest absolute Gasteiger partial charge is 0.254 e. The van der Waals surface area contributed by atoms with Gasteiger partial charge in [-0.25, -0.2) is 4.39 Å². The number of aromatic nitrogens is 1. The van der Waals surface area contributed by atoms with Crippen molar-refractivity contribution in [3.63, 3.8) is 0 Å². The number of pyridine rings is 1. The second kappa shape index (κ2) is 7.22. The summed E-state index contributed by atoms with van der Waals surface area (Å²) >= 11 is 0. The lowest BCUT2D eigenvalue weighted by Crippen LogP contribution is -2.38. The lowest BCUT2D eigenvalue weighted by atomic mass is 9.96. The molecule has 120 valence electrons. The quantitative estimate of drug-likeness (QED) is 0.944. The van der Waals surface area contributed by atoms with Crippen molar-refractivity contribution >= 4 is 11.6 Å². The van der Waals surface area contributed by atoms with Crippen LogP contribution in [0.2, 0.25) is 0 Å². The number of halogens is 1. The van der Waals surface area contributed by atoms with Crippen LogP contribution in [0.3, 0.4) is 0 Å². The van der Waals surface area contributed by atoms with Crippen LogP contribution < -0.4 is 10.2 Å². The average molecular weight is 313 g/mol. The van der Waals surface area contributed by atoms with E-state index in [1.165, 1.54) is 12.1 Å². The van der Waals surface area contributed by atoms with Crippen molar-refractivity contribution in [1.29, 1.82) is 0 Å². The first-order valence-corrected chi connectivity index (χ1v) is 7.92. The molecule has 0 aliphatic carbocycles. The largest absolute Gasteiger partial charge is 0.370 e. The van der Waals surface area contributed by atoms with E-state index in [9.17, 15) is 9.18 Å². The van der Waals surface area contributed by atoms with E-state index in [4.69, 9.17) is 0 Å². The molecule has 0 unspecified atom stereocenters. The molecule has 1 aromatic heterocycles. The molecule has 2 aromatic rings. The highest BCUT2D eigenvalue weighted by molar-refractivity contribution is 5.94. The summed E-state index contributed by atoms with van der Waals surface area (Å²) in [6, 6.07) is 10.1. The first kappa shape index (κ1) is 15.5. The minimum Gasteiger partial charge on any atom is -0.370 e. The average Bonchev–Trinajstić information content (AvgIpc) is 2.61. The van der Waals surface area contributed by atoms with Crippen LogP contribution >= 0.6 is 0 Å². The van der Waals surface area contributed by atoms with Crippen LogP contribution in [0.15, 0.2) is 48.8 Å². The van der Waals surface area contributed by atoms with Crippen molar-refractivity contribution in [2.75, 3.05) is 24.5 Å². The number of rotatable bonds is 4. The van der Waals surface area contributed by atoms with Crippen LogP contribution in [0.5, 0.6) is 0 Å². The summed E-state index contributed by atoms with van der Waals surface area (Å²) in [7, 11) is 0. The van der Waals surface area contributed by atoms with Gasteiger partial charge in [0.1, 0.15) is 5.82 Å². The van der Waals surface area contributed by atoms with Gasteiger partial charge in [0, 0.05) is 25.8 Å². The molecule has 0 radical (unpaired) electrons. The number of carbonyl (C=O) groups excluding carboxylic acids is 1. The molecule has 1 saturated heterocycles. The Hall–Kier alpha value is -2.43. The zero-order valence-corrected chi connectivity index (χ0v) is 12.9. The summed E-state index contributed by atoms with van der Waals surface area (Å²) in [6.45, 7) is 2.49. The van der Waals surface area contributed by atoms with Gasteiger partial charge in [-0.3, -0.25) is 9.78 Å². The SMILES string of the molecule is O=C(NCC1CCN(c2cccnc2)CC1)c1ccccc1F. The second-order valence-corrected chi connectivity index (χ2v) is 5.83. The van der Waals surface area contributed by atoms with Gasteiger partial charge in [0.2, 0.25) is 0 Å². The van der Waals surface area contributed by atoms with Gasteiger partial charge in [-0.1, -0.05) is 12.1 Å². The van der Waals surface area contributed by atoms with E-state index in [-0.39, 0.29) is 11.5 Å². The first-order valence-electron chi connectivity index (χ1n) is 7.92. The summed E-state index contributed by atoms with van der Waals surface area (Å²) < 4.78 is 13.6. The summed E-state index contributed by atoms with van der Waals surface area (Å²) in [6.07, 6.45) is 5.66. The molecule has 1 fully saturated rings. The number of anilines is 1. The number of nitrogens with zero attached hydrogens (tertiary/aromatic N) is 2. The maximum Gasteiger partial charge on any atom is 0.254 e. The Morgan fingerprint density at radius 1 is 1.22 bits per heavy atom. The van der Waals surface area contributed by atoms with E-state index in [0.29, 0.717) is 12.5 Å². The fourth-order valence-corrected chi connectivity index (χ4v) is 2.91. The van der Waals surface area contributed by atoms with Gasteiger partial charge < -0.3 is 10.2 Å². The third-order valence-electron chi connectivity index (χ3n) is 4.30. The van der Waals surface area contributed by atoms with Crippen molar-refractivity contribution in [2.45, 2.75) is 12.8 Å². The number of carbonyl (C=O) groups is 1. The second-order valence-electron chi connectivity index (χ2n) is 5.83. The fraction of sp³-hybridized carbons (Fsp3) is 0.333. The zero-order valence-electron chi connectivity index (χ0n) is 12.9. The fourth-order valence-electron chi connectivity index (χ4n) is 2.91. The molecular weight excluding hydrogens is 293 g/mol. The van der Waals surface area contributed by atoms with E-state index in [0.717, 1.165) is 31.6 Å². The number of benzene rings is 1. The molecule has 4 nitrogen and oxygen atoms in total. The predicted octanol–water partition coefficient (Wildman–Crippen LogP) is 2.87. The van der Waals surface area contributed by atoms with Gasteiger partial charge in [0.25, 0.3) is 5.91 Å². The minimum absolute atomic E-state index is 0.111. The maximum atomic E-state index is 13.6. The highest BCUT2D eigenvalue weighted by atomic mass is 19.1. The van der Waals surface area contributed by atoms with Gasteiger partial charge in [-0.15, -0.1) is 0 Å². The summed E-state index contributed by atoms with van der Waals surface area (Å²) in [4.78, 5) is 18.5. The van der Waals surface area contributed by atoms with E-state index >= 15 is 0 Å². The predicted molar refractivity (Wildman–Crippen MR) is 87.9 cm³/mol. The Morgan fingerprint density at radius 3 is 2.70 bits per heavy atom. The molecule has 0 spiro atoms. The van der Waals surface area contributed by atoms with E-state index in [2.05, 4.69) is 21.3 Å². The Kier molecular flexibility index (Phi) is 4.86. The molecule has 1 aromatic carbocycles. The highest BCUT2D eigenvalue weighted by Crippen LogP contribution is 2.22. The number of hydrogen-bond donors (Lipinski definition) is 1. The molecule has 5 heteroatoms. The van der Waals surface area contributed by atoms with Crippen LogP contribution in [-0.4, -0.2) is 30.5 Å². The summed E-state index contributed by atoms with van der Waals surface area (Å²) in [5.41, 5.74) is 1.25. The van der Waals surface area contributed by atoms with Gasteiger partial charge in [0.15, 0.2) is 0 Å². The summed E-state index contributed by atoms with van der Waals surface area (Å²) in [5.74, 6) is -0.382. The number of piperidine rings is 1. The topological polar surface area (TPSA) is 45.2 Å². The van der Waals surface area contributed by atoms with Crippen molar-refractivity contribution < 1.29 is 9.18 Å². The van der Waals surface area contributed by atoms with Crippen LogP contribution in [0.25, 0.3) is 0 Å². The highest BCUT2D eigenvalue weighted by Gasteiger charge is 2.20. The lowest BCUT2D eigenvalue weighted by molar-refractivity contribution is 0.0941. The van der Waals surface area contributed by atoms with Crippen LogP contribution in [0, 0.1) is 11.7 Å². The molecule has 23 heavy (non-hydrogen) atoms. The molecule has 0 bridgehead atoms. The molecule has 1 aliphatic rings. The number of nitrogens with one attached hydrogen (secondary N) is 1. The van der Waals surface area contributed by atoms with Gasteiger partial charge >= 0.3 is 0 Å². The Morgan fingerprint density at radius 2 is 2.00 bits per heavy atom. The Bertz CT molecular complexity index is 654. The van der Waals surface area contributed by atoms with Gasteiger partial charge in [0.05, 0.1) is 17.4 Å². The lowest BCUT2D eigenvalue weighted by Gasteiger charge is -2.33. The van der Waals surface area contributed by atoms with Gasteiger partial charge in [-0.05, 0) is 43.0 Å². The van der Waals surface area contributed by atoms with E-state index < -0.39 is 5.82 Å². The summed E-state index contributed by atoms with van der Waals surface area (Å²) in [5, 5.41) is 2.85. The van der Waals surface area contributed by atoms with Crippen LogP contribution in [0.1, 0.15) is 23.2 Å². The van der Waals surface area contributed by atoms with E-state index in [1.807, 2.05) is 12.3 Å². The molecule has 0 saturated carbocycles. The van der Waals surface area contributed by atoms with Crippen molar-refractivity contribution in [1.82, 2.24) is 10.3 Å². The molecule has 2 heterocycles. The molecule has 3 rings (SSSR count). The van der Waals surface area contributed by atoms with Crippen LogP contribution in [-0.2, 0) is 0 Å². The zero-order chi connectivity index (χ0) is 16.1. The molecule has 1 N–H and O–H groups in total. The monoisotopic (exact) mass is 313 g/mol. The standard InChI is InChI=1S/C18H20FN3O/c19-17-6-2-1-5-16(17)18(23)21-12-14-7-10-22(11-8-14)15-4-3-9-20-13-15/h1-6,9,13-14H,7-8,10-12H2,(H,21,23). The molecular formula is C18H20FN3O. The van der Waals surface area contributed by atoms with Crippen molar-refractivity contribution in [3.8, 4) is 0 Å². The van der Waals surface area contributed by atoms with Crippen molar-refractivity contribution in [3.05, 3.63) is 60.2 Å². The number of hydrogen-bond acceptors (Lipinski definition) is 3. The minimum atomic E-state index is -0.476. The molecule has 1 amide bonds. The van der Waals surface area contributed by atoms with Crippen molar-refractivity contribution in [2.24, 2.45) is 5.92 Å². The molecule has 1 aliphatic heterocycles. The first-order chi connectivity index (χ1) is 11.2. The van der Waals surface area contributed by atoms with E-state index in [1.54, 1.807) is 18.3 Å². The van der Waals surface area contributed by atoms with Gasteiger partial charge in [-0.2, -0.15) is 0 Å². The maximum absolute atomic E-state index is 13.6. The third kappa shape index (κ3) is 3.86. The Labute approximate surface area is 135 Å². The normalized spacial score (nSPS) is 15.4. The third-order valence-corrected chi connectivity index (χ3v) is 4.30. The van der Waals surface area contributed by atoms with Crippen LogP contribution in [0.4, 0.5) is 10.1 Å². The number of amides is 1.